The van der Waals surface area contributed by atoms with E-state index in [2.05, 4.69) is 32.2 Å². The average Bonchev–Trinajstić information content (AvgIpc) is 3.49. The SMILES string of the molecule is CS(=O)(=O)c1cc(C(=O)Nc2cccc(C#Cc3csc4ncnc(N)c34)c2)nn1-c1ccc(F)cc1. The number of aromatic nitrogens is 4. The Labute approximate surface area is 214 Å². The molecule has 0 saturated heterocycles. The molecule has 0 aliphatic rings. The number of benzene rings is 2. The maximum absolute atomic E-state index is 13.3. The number of anilines is 2. The zero-order valence-electron chi connectivity index (χ0n) is 19.1. The molecule has 12 heteroatoms. The van der Waals surface area contributed by atoms with E-state index in [0.717, 1.165) is 15.8 Å². The molecule has 37 heavy (non-hydrogen) atoms. The third-order valence-electron chi connectivity index (χ3n) is 5.22. The fraction of sp³-hybridized carbons (Fsp3) is 0.0400. The van der Waals surface area contributed by atoms with Crippen molar-refractivity contribution >= 4 is 48.8 Å². The molecule has 0 aliphatic heterocycles. The lowest BCUT2D eigenvalue weighted by Crippen LogP contribution is -2.13. The second kappa shape index (κ2) is 9.45. The van der Waals surface area contributed by atoms with Gasteiger partial charge in [-0.25, -0.2) is 27.5 Å². The van der Waals surface area contributed by atoms with E-state index in [1.54, 1.807) is 24.3 Å². The maximum Gasteiger partial charge on any atom is 0.276 e. The minimum Gasteiger partial charge on any atom is -0.383 e. The lowest BCUT2D eigenvalue weighted by Gasteiger charge is -2.05. The van der Waals surface area contributed by atoms with Gasteiger partial charge in [-0.05, 0) is 42.5 Å². The number of hydrogen-bond acceptors (Lipinski definition) is 8. The van der Waals surface area contributed by atoms with Gasteiger partial charge in [-0.1, -0.05) is 17.9 Å². The quantitative estimate of drug-likeness (QED) is 0.338. The molecule has 184 valence electrons. The van der Waals surface area contributed by atoms with Crippen molar-refractivity contribution < 1.29 is 17.6 Å². The summed E-state index contributed by atoms with van der Waals surface area (Å²) in [5.74, 6) is 5.36. The minimum atomic E-state index is -3.74. The van der Waals surface area contributed by atoms with Crippen LogP contribution in [0.2, 0.25) is 0 Å². The van der Waals surface area contributed by atoms with E-state index in [0.29, 0.717) is 33.7 Å². The first-order valence-corrected chi connectivity index (χ1v) is 13.4. The second-order valence-corrected chi connectivity index (χ2v) is 10.7. The lowest BCUT2D eigenvalue weighted by atomic mass is 10.1. The fourth-order valence-corrected chi connectivity index (χ4v) is 5.14. The zero-order valence-corrected chi connectivity index (χ0v) is 20.8. The Morgan fingerprint density at radius 2 is 1.89 bits per heavy atom. The summed E-state index contributed by atoms with van der Waals surface area (Å²) in [6, 6.07) is 13.1. The van der Waals surface area contributed by atoms with E-state index in [4.69, 9.17) is 5.73 Å². The molecule has 5 rings (SSSR count). The Hall–Kier alpha value is -4.60. The summed E-state index contributed by atoms with van der Waals surface area (Å²) >= 11 is 1.42. The van der Waals surface area contributed by atoms with Gasteiger partial charge in [-0.15, -0.1) is 11.3 Å². The van der Waals surface area contributed by atoms with E-state index in [9.17, 15) is 17.6 Å². The summed E-state index contributed by atoms with van der Waals surface area (Å²) in [5.41, 5.74) is 7.90. The van der Waals surface area contributed by atoms with Gasteiger partial charge in [0.25, 0.3) is 5.91 Å². The van der Waals surface area contributed by atoms with Gasteiger partial charge in [0.15, 0.2) is 20.6 Å². The molecule has 0 radical (unpaired) electrons. The standard InChI is InChI=1S/C25H17FN6O3S2/c1-37(34,35)21-12-20(31-32(21)19-9-7-17(26)8-10-19)24(33)30-18-4-2-3-15(11-18)5-6-16-13-36-25-22(16)23(27)28-14-29-25/h2-4,7-14H,1H3,(H,30,33)(H2,27,28,29). The highest BCUT2D eigenvalue weighted by Crippen LogP contribution is 2.27. The van der Waals surface area contributed by atoms with Crippen LogP contribution in [0.25, 0.3) is 15.9 Å². The molecule has 9 nitrogen and oxygen atoms in total. The van der Waals surface area contributed by atoms with Crippen molar-refractivity contribution in [1.82, 2.24) is 19.7 Å². The van der Waals surface area contributed by atoms with E-state index in [1.165, 1.54) is 48.0 Å². The summed E-state index contributed by atoms with van der Waals surface area (Å²) in [6.07, 6.45) is 2.41. The molecule has 1 amide bonds. The Bertz CT molecular complexity index is 1830. The first-order valence-electron chi connectivity index (χ1n) is 10.7. The van der Waals surface area contributed by atoms with Crippen LogP contribution in [-0.2, 0) is 9.84 Å². The molecule has 3 N–H and O–H groups in total. The highest BCUT2D eigenvalue weighted by molar-refractivity contribution is 7.90. The molecule has 5 aromatic rings. The molecular formula is C25H17FN6O3S2. The lowest BCUT2D eigenvalue weighted by molar-refractivity contribution is 0.102. The van der Waals surface area contributed by atoms with Crippen LogP contribution in [0.1, 0.15) is 21.6 Å². The monoisotopic (exact) mass is 532 g/mol. The normalized spacial score (nSPS) is 11.2. The number of carbonyl (C=O) groups excluding carboxylic acids is 1. The molecule has 2 aromatic carbocycles. The van der Waals surface area contributed by atoms with Gasteiger partial charge < -0.3 is 11.1 Å². The van der Waals surface area contributed by atoms with Gasteiger partial charge >= 0.3 is 0 Å². The van der Waals surface area contributed by atoms with Crippen molar-refractivity contribution in [3.63, 3.8) is 0 Å². The molecule has 0 bridgehead atoms. The predicted octanol–water partition coefficient (Wildman–Crippen LogP) is 3.65. The highest BCUT2D eigenvalue weighted by Gasteiger charge is 2.22. The van der Waals surface area contributed by atoms with Crippen LogP contribution in [-0.4, -0.2) is 40.3 Å². The fourth-order valence-electron chi connectivity index (χ4n) is 3.51. The number of nitrogens with two attached hydrogens (primary N) is 1. The van der Waals surface area contributed by atoms with E-state index < -0.39 is 21.6 Å². The van der Waals surface area contributed by atoms with Gasteiger partial charge in [0, 0.05) is 34.5 Å². The van der Waals surface area contributed by atoms with Crippen LogP contribution in [0.3, 0.4) is 0 Å². The van der Waals surface area contributed by atoms with Crippen LogP contribution in [0.15, 0.2) is 71.3 Å². The number of amides is 1. The largest absolute Gasteiger partial charge is 0.383 e. The van der Waals surface area contributed by atoms with Gasteiger partial charge in [0.1, 0.15) is 22.8 Å². The number of sulfone groups is 1. The first kappa shape index (κ1) is 24.1. The van der Waals surface area contributed by atoms with Crippen molar-refractivity contribution in [2.75, 3.05) is 17.3 Å². The molecule has 0 unspecified atom stereocenters. The zero-order chi connectivity index (χ0) is 26.2. The Kier molecular flexibility index (Phi) is 6.16. The highest BCUT2D eigenvalue weighted by atomic mass is 32.2. The summed E-state index contributed by atoms with van der Waals surface area (Å²) in [7, 11) is -3.74. The van der Waals surface area contributed by atoms with Crippen molar-refractivity contribution in [3.8, 4) is 17.5 Å². The number of nitrogen functional groups attached to an aromatic ring is 1. The van der Waals surface area contributed by atoms with Gasteiger partial charge in [-0.3, -0.25) is 4.79 Å². The first-order chi connectivity index (χ1) is 17.7. The number of fused-ring (bicyclic) bond motifs is 1. The predicted molar refractivity (Wildman–Crippen MR) is 139 cm³/mol. The number of halogens is 1. The van der Waals surface area contributed by atoms with Crippen molar-refractivity contribution in [3.05, 3.63) is 88.9 Å². The van der Waals surface area contributed by atoms with Gasteiger partial charge in [0.05, 0.1) is 11.1 Å². The molecule has 0 saturated carbocycles. The van der Waals surface area contributed by atoms with Crippen LogP contribution in [0.5, 0.6) is 0 Å². The number of thiophene rings is 1. The molecular weight excluding hydrogens is 515 g/mol. The van der Waals surface area contributed by atoms with Crippen molar-refractivity contribution in [2.45, 2.75) is 5.03 Å². The van der Waals surface area contributed by atoms with Gasteiger partial charge in [-0.2, -0.15) is 5.10 Å². The van der Waals surface area contributed by atoms with E-state index >= 15 is 0 Å². The average molecular weight is 533 g/mol. The topological polar surface area (TPSA) is 133 Å². The van der Waals surface area contributed by atoms with E-state index in [-0.39, 0.29) is 10.7 Å². The van der Waals surface area contributed by atoms with Crippen molar-refractivity contribution in [2.24, 2.45) is 0 Å². The van der Waals surface area contributed by atoms with E-state index in [1.807, 2.05) is 5.38 Å². The smallest absolute Gasteiger partial charge is 0.276 e. The van der Waals surface area contributed by atoms with Crippen LogP contribution >= 0.6 is 11.3 Å². The number of hydrogen-bond donors (Lipinski definition) is 2. The molecule has 3 aromatic heterocycles. The summed E-state index contributed by atoms with van der Waals surface area (Å²) in [4.78, 5) is 21.9. The third kappa shape index (κ3) is 5.04. The summed E-state index contributed by atoms with van der Waals surface area (Å²) < 4.78 is 39.0. The Morgan fingerprint density at radius 1 is 1.11 bits per heavy atom. The van der Waals surface area contributed by atoms with Gasteiger partial charge in [0.2, 0.25) is 0 Å². The minimum absolute atomic E-state index is 0.124. The number of carbonyl (C=O) groups is 1. The van der Waals surface area contributed by atoms with Crippen LogP contribution in [0, 0.1) is 17.7 Å². The van der Waals surface area contributed by atoms with Crippen LogP contribution < -0.4 is 11.1 Å². The molecule has 0 spiro atoms. The number of rotatable bonds is 4. The maximum atomic E-state index is 13.3. The number of nitrogens with one attached hydrogen (secondary N) is 1. The second-order valence-electron chi connectivity index (χ2n) is 7.90. The molecule has 0 aliphatic carbocycles. The Morgan fingerprint density at radius 3 is 2.65 bits per heavy atom. The summed E-state index contributed by atoms with van der Waals surface area (Å²) in [6.45, 7) is 0. The van der Waals surface area contributed by atoms with Crippen LogP contribution in [0.4, 0.5) is 15.9 Å². The van der Waals surface area contributed by atoms with Crippen molar-refractivity contribution in [1.29, 1.82) is 0 Å². The molecule has 0 fully saturated rings. The summed E-state index contributed by atoms with van der Waals surface area (Å²) in [5, 5.41) is 9.21. The Balaban J connectivity index is 1.41. The molecule has 3 heterocycles. The number of nitrogens with zero attached hydrogens (tertiary/aromatic N) is 4. The third-order valence-corrected chi connectivity index (χ3v) is 7.16. The molecule has 0 atom stereocenters.